The maximum Gasteiger partial charge on any atom is 0.410 e. The fraction of sp³-hybridized carbons (Fsp3) is 0.714. The van der Waals surface area contributed by atoms with Gasteiger partial charge >= 0.3 is 6.09 Å². The number of rotatable bonds is 14. The van der Waals surface area contributed by atoms with Crippen LogP contribution in [-0.2, 0) is 16.0 Å². The van der Waals surface area contributed by atoms with Gasteiger partial charge in [0.1, 0.15) is 5.60 Å². The second-order valence-electron chi connectivity index (χ2n) is 14.1. The first-order valence-corrected chi connectivity index (χ1v) is 17.1. The lowest BCUT2D eigenvalue weighted by molar-refractivity contribution is -0.140. The van der Waals surface area contributed by atoms with E-state index in [0.717, 1.165) is 32.1 Å². The highest BCUT2D eigenvalue weighted by atomic mass is 32.2. The lowest BCUT2D eigenvalue weighted by atomic mass is 9.89. The number of allylic oxidation sites excluding steroid dienone is 1. The van der Waals surface area contributed by atoms with Crippen molar-refractivity contribution in [2.75, 3.05) is 13.6 Å². The molecule has 2 amide bonds. The van der Waals surface area contributed by atoms with Gasteiger partial charge in [-0.3, -0.25) is 4.79 Å². The van der Waals surface area contributed by atoms with E-state index in [1.807, 2.05) is 46.2 Å². The average molecular weight is 618 g/mol. The number of aliphatic hydroxyl groups excluding tert-OH is 1. The van der Waals surface area contributed by atoms with E-state index in [2.05, 4.69) is 58.0 Å². The molecule has 0 aliphatic carbocycles. The first-order chi connectivity index (χ1) is 20.1. The Kier molecular flexibility index (Phi) is 15.1. The lowest BCUT2D eigenvalue weighted by Gasteiger charge is -2.42. The van der Waals surface area contributed by atoms with Crippen molar-refractivity contribution in [2.24, 2.45) is 29.4 Å². The number of ether oxygens (including phenoxy) is 1. The number of thioether (sulfide) groups is 1. The fourth-order valence-electron chi connectivity index (χ4n) is 6.02. The molecule has 2 rings (SSSR count). The number of benzene rings is 1. The van der Waals surface area contributed by atoms with Gasteiger partial charge < -0.3 is 25.4 Å². The van der Waals surface area contributed by atoms with Crippen LogP contribution in [0.3, 0.4) is 0 Å². The number of carbonyl (C=O) groups is 2. The van der Waals surface area contributed by atoms with Gasteiger partial charge in [0, 0.05) is 25.7 Å². The van der Waals surface area contributed by atoms with Crippen LogP contribution in [0, 0.1) is 23.7 Å². The molecule has 1 aromatic rings. The Labute approximate surface area is 266 Å². The summed E-state index contributed by atoms with van der Waals surface area (Å²) in [4.78, 5) is 30.3. The van der Waals surface area contributed by atoms with Gasteiger partial charge in [-0.2, -0.15) is 0 Å². The second-order valence-corrected chi connectivity index (χ2v) is 15.2. The SMILES string of the molecule is CC(C)C[C@@H](/C=C/SC(N)C(O)CC(C(C)C)N(C)C(=O)C(C)C1CCCCN1C(=O)OC(C)(C)C)Cc1ccccc1. The molecule has 43 heavy (non-hydrogen) atoms. The first-order valence-electron chi connectivity index (χ1n) is 16.2. The van der Waals surface area contributed by atoms with Crippen LogP contribution in [0.25, 0.3) is 0 Å². The van der Waals surface area contributed by atoms with Crippen LogP contribution in [0.2, 0.25) is 0 Å². The molecule has 1 aliphatic rings. The summed E-state index contributed by atoms with van der Waals surface area (Å²) < 4.78 is 5.66. The topological polar surface area (TPSA) is 96.1 Å². The summed E-state index contributed by atoms with van der Waals surface area (Å²) in [5.74, 6) is 0.690. The molecule has 6 atom stereocenters. The molecule has 1 fully saturated rings. The van der Waals surface area contributed by atoms with Gasteiger partial charge in [0.05, 0.1) is 17.4 Å². The van der Waals surface area contributed by atoms with Crippen LogP contribution >= 0.6 is 11.8 Å². The summed E-state index contributed by atoms with van der Waals surface area (Å²) in [6.45, 7) is 16.7. The Hall–Kier alpha value is -2.03. The number of likely N-dealkylation sites (tertiary alicyclic amines) is 1. The van der Waals surface area contributed by atoms with E-state index in [1.54, 1.807) is 9.80 Å². The summed E-state index contributed by atoms with van der Waals surface area (Å²) in [6, 6.07) is 10.1. The molecule has 244 valence electrons. The Balaban J connectivity index is 2.03. The van der Waals surface area contributed by atoms with Gasteiger partial charge in [-0.25, -0.2) is 4.79 Å². The molecule has 3 N–H and O–H groups in total. The molecule has 1 saturated heterocycles. The molecular formula is C35H59N3O4S. The van der Waals surface area contributed by atoms with E-state index in [4.69, 9.17) is 10.5 Å². The molecule has 0 saturated carbocycles. The molecule has 8 heteroatoms. The van der Waals surface area contributed by atoms with Crippen molar-refractivity contribution in [2.45, 2.75) is 123 Å². The number of nitrogens with zero attached hydrogens (tertiary/aromatic N) is 2. The lowest BCUT2D eigenvalue weighted by Crippen LogP contribution is -2.54. The maximum atomic E-state index is 13.8. The Morgan fingerprint density at radius 3 is 2.35 bits per heavy atom. The minimum absolute atomic E-state index is 0.0232. The van der Waals surface area contributed by atoms with Gasteiger partial charge in [0.2, 0.25) is 5.91 Å². The van der Waals surface area contributed by atoms with Crippen molar-refractivity contribution in [3.63, 3.8) is 0 Å². The summed E-state index contributed by atoms with van der Waals surface area (Å²) in [7, 11) is 1.82. The third kappa shape index (κ3) is 12.5. The molecule has 1 aliphatic heterocycles. The number of piperidine rings is 1. The Morgan fingerprint density at radius 1 is 1.12 bits per heavy atom. The van der Waals surface area contributed by atoms with Crippen LogP contribution < -0.4 is 5.73 Å². The van der Waals surface area contributed by atoms with Crippen molar-refractivity contribution in [1.29, 1.82) is 0 Å². The number of aliphatic hydroxyl groups is 1. The standard InChI is InChI=1S/C35H59N3O4S/c1-24(2)21-28(22-27-15-11-10-12-16-27)18-20-43-32(36)31(39)23-30(25(3)4)37(9)33(40)26(5)29-17-13-14-19-38(29)34(41)42-35(6,7)8/h10-12,15-16,18,20,24-26,28-32,39H,13-14,17,19,21-23,36H2,1-9H3/b20-18+/t26?,28-,29?,30?,31?,32?/m1/s1. The summed E-state index contributed by atoms with van der Waals surface area (Å²) in [5, 5.41) is 12.7. The molecule has 0 bridgehead atoms. The van der Waals surface area contributed by atoms with E-state index in [1.165, 1.54) is 17.3 Å². The van der Waals surface area contributed by atoms with E-state index in [-0.39, 0.29) is 35.9 Å². The van der Waals surface area contributed by atoms with Gasteiger partial charge in [-0.15, -0.1) is 11.8 Å². The predicted octanol–water partition coefficient (Wildman–Crippen LogP) is 7.08. The first kappa shape index (κ1) is 37.2. The molecule has 1 aromatic carbocycles. The number of nitrogens with two attached hydrogens (primary N) is 1. The highest BCUT2D eigenvalue weighted by Gasteiger charge is 2.39. The fourth-order valence-corrected chi connectivity index (χ4v) is 6.81. The van der Waals surface area contributed by atoms with Gasteiger partial charge in [0.15, 0.2) is 0 Å². The van der Waals surface area contributed by atoms with Crippen molar-refractivity contribution < 1.29 is 19.4 Å². The number of carbonyl (C=O) groups excluding carboxylic acids is 2. The van der Waals surface area contributed by atoms with E-state index >= 15 is 0 Å². The Morgan fingerprint density at radius 2 is 1.77 bits per heavy atom. The smallest absolute Gasteiger partial charge is 0.410 e. The zero-order valence-electron chi connectivity index (χ0n) is 28.2. The van der Waals surface area contributed by atoms with E-state index < -0.39 is 17.1 Å². The van der Waals surface area contributed by atoms with Crippen LogP contribution in [0.1, 0.15) is 93.1 Å². The number of hydrogen-bond acceptors (Lipinski definition) is 6. The highest BCUT2D eigenvalue weighted by molar-refractivity contribution is 8.02. The maximum absolute atomic E-state index is 13.8. The predicted molar refractivity (Wildman–Crippen MR) is 180 cm³/mol. The number of amides is 2. The molecule has 0 spiro atoms. The van der Waals surface area contributed by atoms with Crippen molar-refractivity contribution in [3.05, 3.63) is 47.4 Å². The van der Waals surface area contributed by atoms with Crippen molar-refractivity contribution >= 4 is 23.8 Å². The second kappa shape index (κ2) is 17.5. The normalized spacial score (nSPS) is 19.7. The molecule has 7 nitrogen and oxygen atoms in total. The number of hydrogen-bond donors (Lipinski definition) is 2. The molecule has 5 unspecified atom stereocenters. The quantitative estimate of drug-likeness (QED) is 0.217. The molecule has 1 heterocycles. The van der Waals surface area contributed by atoms with E-state index in [0.29, 0.717) is 24.8 Å². The zero-order chi connectivity index (χ0) is 32.3. The van der Waals surface area contributed by atoms with Crippen molar-refractivity contribution in [1.82, 2.24) is 9.80 Å². The van der Waals surface area contributed by atoms with Gasteiger partial charge in [0.25, 0.3) is 0 Å². The zero-order valence-corrected chi connectivity index (χ0v) is 29.0. The van der Waals surface area contributed by atoms with Crippen molar-refractivity contribution in [3.8, 4) is 0 Å². The van der Waals surface area contributed by atoms with Crippen LogP contribution in [0.4, 0.5) is 4.79 Å². The van der Waals surface area contributed by atoms with Gasteiger partial charge in [-0.1, -0.05) is 71.0 Å². The minimum atomic E-state index is -0.779. The molecule has 0 radical (unpaired) electrons. The largest absolute Gasteiger partial charge is 0.444 e. The summed E-state index contributed by atoms with van der Waals surface area (Å²) in [5.41, 5.74) is 7.18. The van der Waals surface area contributed by atoms with Crippen LogP contribution in [0.15, 0.2) is 41.8 Å². The van der Waals surface area contributed by atoms with Crippen LogP contribution in [-0.4, -0.2) is 69.7 Å². The average Bonchev–Trinajstić information content (AvgIpc) is 2.93. The third-order valence-electron chi connectivity index (χ3n) is 8.32. The Bertz CT molecular complexity index is 1010. The highest BCUT2D eigenvalue weighted by Crippen LogP contribution is 2.29. The third-order valence-corrected chi connectivity index (χ3v) is 9.26. The summed E-state index contributed by atoms with van der Waals surface area (Å²) in [6.07, 6.45) is 6.17. The van der Waals surface area contributed by atoms with Crippen LogP contribution in [0.5, 0.6) is 0 Å². The monoisotopic (exact) mass is 617 g/mol. The minimum Gasteiger partial charge on any atom is -0.444 e. The van der Waals surface area contributed by atoms with E-state index in [9.17, 15) is 14.7 Å². The summed E-state index contributed by atoms with van der Waals surface area (Å²) >= 11 is 1.45. The molecule has 0 aromatic heterocycles. The van der Waals surface area contributed by atoms with Gasteiger partial charge in [-0.05, 0) is 88.0 Å². The molecular weight excluding hydrogens is 558 g/mol.